The molecule has 2 bridgehead atoms. The van der Waals surface area contributed by atoms with E-state index in [-0.39, 0.29) is 58.5 Å². The van der Waals surface area contributed by atoms with E-state index in [1.807, 2.05) is 55.3 Å². The first kappa shape index (κ1) is 34.1. The molecule has 4 aliphatic rings. The number of nitrogens with one attached hydrogen (secondary N) is 3. The molecule has 6 rings (SSSR count). The number of allylic oxidation sites excluding steroid dienone is 2. The van der Waals surface area contributed by atoms with Crippen LogP contribution in [0.3, 0.4) is 0 Å². The summed E-state index contributed by atoms with van der Waals surface area (Å²) in [5, 5.41) is 31.6. The summed E-state index contributed by atoms with van der Waals surface area (Å²) >= 11 is 5.43. The highest BCUT2D eigenvalue weighted by atomic mass is 32.1. The van der Waals surface area contributed by atoms with Crippen molar-refractivity contribution in [1.82, 2.24) is 20.4 Å². The first-order valence-corrected chi connectivity index (χ1v) is 16.6. The number of hydrogen-bond donors (Lipinski definition) is 4. The van der Waals surface area contributed by atoms with Gasteiger partial charge in [-0.15, -0.1) is 0 Å². The fraction of sp³-hybridized carbons (Fsp3) is 0.417. The number of methoxy groups -OCH3 is 2. The van der Waals surface area contributed by atoms with Gasteiger partial charge in [-0.25, -0.2) is 0 Å². The normalized spacial score (nSPS) is 25.4. The quantitative estimate of drug-likeness (QED) is 0.250. The lowest BCUT2D eigenvalue weighted by atomic mass is 9.69. The Hall–Kier alpha value is -4.77. The second kappa shape index (κ2) is 13.3. The van der Waals surface area contributed by atoms with Crippen LogP contribution < -0.4 is 20.7 Å². The minimum atomic E-state index is -0.839. The van der Waals surface area contributed by atoms with Crippen molar-refractivity contribution in [1.29, 1.82) is 5.26 Å². The Morgan fingerprint density at radius 1 is 1.12 bits per heavy atom. The third kappa shape index (κ3) is 5.63. The molecular weight excluding hydrogens is 644 g/mol. The highest BCUT2D eigenvalue weighted by Gasteiger charge is 2.57. The zero-order chi connectivity index (χ0) is 35.3. The number of anilines is 1. The number of likely N-dealkylation sites (N-methyl/N-ethyl adjacent to an activating group) is 1. The van der Waals surface area contributed by atoms with Crippen molar-refractivity contribution in [2.45, 2.75) is 69.9 Å². The second-order valence-electron chi connectivity index (χ2n) is 13.0. The lowest BCUT2D eigenvalue weighted by Crippen LogP contribution is -2.71. The summed E-state index contributed by atoms with van der Waals surface area (Å²) < 4.78 is 11.0. The first-order valence-electron chi connectivity index (χ1n) is 16.2. The standard InChI is InChI=1S/C36H40N6O6S/c1-17-12-20-13-23-25(15-37)42-24(29(41(23)4)27(20)31(44)33(17)47-5)14-22-28(32(45)34(48-6)18(2)30(22)43)26(42)16-38-35(46)19(3)39-36(49)40-21-10-8-7-9-11-21/h7-12,19,23-26,29,44H,13-14,16H2,1-6H3,(H,38,46)(H2,39,40,49)/t19-,23+,24?,25-,26-,29-/m0/s1. The van der Waals surface area contributed by atoms with Crippen LogP contribution in [-0.2, 0) is 25.5 Å². The van der Waals surface area contributed by atoms with Crippen molar-refractivity contribution in [3.8, 4) is 17.6 Å². The fourth-order valence-corrected chi connectivity index (χ4v) is 8.41. The van der Waals surface area contributed by atoms with E-state index < -0.39 is 36.0 Å². The number of piperazine rings is 1. The number of hydrogen-bond acceptors (Lipinski definition) is 10. The molecule has 1 unspecified atom stereocenters. The number of carbonyl (C=O) groups is 3. The molecule has 0 saturated carbocycles. The summed E-state index contributed by atoms with van der Waals surface area (Å²) in [6, 6.07) is 10.3. The molecule has 1 saturated heterocycles. The van der Waals surface area contributed by atoms with Crippen LogP contribution in [0.5, 0.6) is 11.5 Å². The molecule has 2 aromatic rings. The van der Waals surface area contributed by atoms with Crippen LogP contribution in [0.25, 0.3) is 0 Å². The average molecular weight is 685 g/mol. The molecule has 0 aromatic heterocycles. The minimum absolute atomic E-state index is 0.0246. The van der Waals surface area contributed by atoms with Gasteiger partial charge in [0, 0.05) is 46.6 Å². The number of nitrogens with zero attached hydrogens (tertiary/aromatic N) is 3. The minimum Gasteiger partial charge on any atom is -0.504 e. The molecule has 0 radical (unpaired) electrons. The van der Waals surface area contributed by atoms with Gasteiger partial charge in [0.2, 0.25) is 11.7 Å². The molecule has 0 spiro atoms. The van der Waals surface area contributed by atoms with Crippen LogP contribution in [0.2, 0.25) is 0 Å². The zero-order valence-electron chi connectivity index (χ0n) is 28.3. The Kier molecular flexibility index (Phi) is 9.23. The monoisotopic (exact) mass is 684 g/mol. The third-order valence-corrected chi connectivity index (χ3v) is 10.5. The maximum Gasteiger partial charge on any atom is 0.242 e. The predicted octanol–water partition coefficient (Wildman–Crippen LogP) is 2.82. The molecule has 1 fully saturated rings. The number of carbonyl (C=O) groups excluding carboxylic acids is 3. The Balaban J connectivity index is 1.38. The van der Waals surface area contributed by atoms with Crippen molar-refractivity contribution in [2.75, 3.05) is 33.1 Å². The molecule has 3 aliphatic heterocycles. The van der Waals surface area contributed by atoms with Crippen LogP contribution >= 0.6 is 12.2 Å². The number of aromatic hydroxyl groups is 1. The summed E-state index contributed by atoms with van der Waals surface area (Å²) in [4.78, 5) is 45.6. The summed E-state index contributed by atoms with van der Waals surface area (Å²) in [5.41, 5.74) is 3.90. The molecule has 6 atom stereocenters. The van der Waals surface area contributed by atoms with Crippen LogP contribution in [0, 0.1) is 18.3 Å². The smallest absolute Gasteiger partial charge is 0.242 e. The highest BCUT2D eigenvalue weighted by molar-refractivity contribution is 7.80. The van der Waals surface area contributed by atoms with Crippen molar-refractivity contribution >= 4 is 40.5 Å². The summed E-state index contributed by atoms with van der Waals surface area (Å²) in [7, 11) is 4.79. The molecule has 1 amide bonds. The molecule has 49 heavy (non-hydrogen) atoms. The number of ketones is 2. The van der Waals surface area contributed by atoms with Gasteiger partial charge in [0.05, 0.1) is 32.4 Å². The molecular formula is C36H40N6O6S. The number of benzene rings is 2. The Labute approximate surface area is 290 Å². The molecule has 1 aliphatic carbocycles. The van der Waals surface area contributed by atoms with Crippen LogP contribution in [0.15, 0.2) is 58.9 Å². The number of ether oxygens (including phenoxy) is 2. The molecule has 4 N–H and O–H groups in total. The molecule has 256 valence electrons. The van der Waals surface area contributed by atoms with Crippen LogP contribution in [-0.4, -0.2) is 95.5 Å². The lowest BCUT2D eigenvalue weighted by molar-refractivity contribution is -0.125. The largest absolute Gasteiger partial charge is 0.504 e. The molecule has 3 heterocycles. The van der Waals surface area contributed by atoms with Gasteiger partial charge in [0.15, 0.2) is 28.2 Å². The van der Waals surface area contributed by atoms with E-state index in [1.54, 1.807) is 13.8 Å². The summed E-state index contributed by atoms with van der Waals surface area (Å²) in [5.74, 6) is -0.787. The molecule has 2 aromatic carbocycles. The number of thiocarbonyl (C=S) groups is 1. The van der Waals surface area contributed by atoms with E-state index in [9.17, 15) is 24.8 Å². The van der Waals surface area contributed by atoms with E-state index >= 15 is 0 Å². The van der Waals surface area contributed by atoms with Crippen LogP contribution in [0.4, 0.5) is 5.69 Å². The lowest BCUT2D eigenvalue weighted by Gasteiger charge is -2.60. The van der Waals surface area contributed by atoms with E-state index in [0.717, 1.165) is 16.8 Å². The highest BCUT2D eigenvalue weighted by Crippen LogP contribution is 2.53. The number of fused-ring (bicyclic) bond motifs is 6. The van der Waals surface area contributed by atoms with Crippen molar-refractivity contribution in [3.63, 3.8) is 0 Å². The van der Waals surface area contributed by atoms with Gasteiger partial charge >= 0.3 is 0 Å². The van der Waals surface area contributed by atoms with Gasteiger partial charge in [0.25, 0.3) is 0 Å². The van der Waals surface area contributed by atoms with Gasteiger partial charge in [-0.05, 0) is 76.1 Å². The Bertz CT molecular complexity index is 1850. The van der Waals surface area contributed by atoms with Crippen LogP contribution in [0.1, 0.15) is 43.0 Å². The number of amides is 1. The summed E-state index contributed by atoms with van der Waals surface area (Å²) in [6.07, 6.45) is 0.625. The predicted molar refractivity (Wildman–Crippen MR) is 186 cm³/mol. The van der Waals surface area contributed by atoms with Crippen molar-refractivity contribution < 1.29 is 29.0 Å². The number of phenolic OH excluding ortho intramolecular Hbond substituents is 1. The van der Waals surface area contributed by atoms with Gasteiger partial charge in [-0.3, -0.25) is 24.2 Å². The third-order valence-electron chi connectivity index (χ3n) is 10.3. The van der Waals surface area contributed by atoms with Gasteiger partial charge in [-0.1, -0.05) is 24.3 Å². The Morgan fingerprint density at radius 2 is 1.84 bits per heavy atom. The molecule has 12 nitrogen and oxygen atoms in total. The van der Waals surface area contributed by atoms with Gasteiger partial charge in [-0.2, -0.15) is 5.26 Å². The van der Waals surface area contributed by atoms with E-state index in [1.165, 1.54) is 14.2 Å². The average Bonchev–Trinajstić information content (AvgIpc) is 3.07. The first-order chi connectivity index (χ1) is 23.4. The summed E-state index contributed by atoms with van der Waals surface area (Å²) in [6.45, 7) is 5.04. The zero-order valence-corrected chi connectivity index (χ0v) is 29.1. The number of para-hydroxylation sites is 1. The maximum atomic E-state index is 14.1. The topological polar surface area (TPSA) is 156 Å². The fourth-order valence-electron chi connectivity index (χ4n) is 8.11. The number of aryl methyl sites for hydroxylation is 1. The number of nitriles is 1. The van der Waals surface area contributed by atoms with E-state index in [2.05, 4.69) is 26.9 Å². The van der Waals surface area contributed by atoms with Gasteiger partial charge < -0.3 is 30.5 Å². The number of Topliss-reactive ketones (excluding diaryl/α,β-unsaturated/α-hetero) is 2. The number of phenols is 1. The van der Waals surface area contributed by atoms with Gasteiger partial charge in [0.1, 0.15) is 12.1 Å². The maximum absolute atomic E-state index is 14.1. The van der Waals surface area contributed by atoms with Crippen molar-refractivity contribution in [2.24, 2.45) is 0 Å². The van der Waals surface area contributed by atoms with Crippen molar-refractivity contribution in [3.05, 3.63) is 75.6 Å². The Morgan fingerprint density at radius 3 is 2.49 bits per heavy atom. The second-order valence-corrected chi connectivity index (χ2v) is 13.4. The SMILES string of the molecule is COC1=C(C)C(=O)C2=C(C1=O)[C@H](CNC(=O)[C@H](C)NC(=S)Nc1ccccc1)N1C(C2)[C@H]2c3c(cc(C)c(OC)c3O)C[C@H]([C@@H]1C#N)N2C. The van der Waals surface area contributed by atoms with E-state index in [4.69, 9.17) is 21.7 Å². The van der Waals surface area contributed by atoms with E-state index in [0.29, 0.717) is 23.3 Å². The molecule has 13 heteroatoms. The number of rotatable bonds is 7.